The highest BCUT2D eigenvalue weighted by molar-refractivity contribution is 5.84. The van der Waals surface area contributed by atoms with Crippen molar-refractivity contribution in [3.8, 4) is 11.5 Å². The van der Waals surface area contributed by atoms with Crippen molar-refractivity contribution >= 4 is 5.97 Å². The van der Waals surface area contributed by atoms with Crippen LogP contribution < -0.4 is 9.47 Å². The van der Waals surface area contributed by atoms with E-state index in [1.54, 1.807) is 20.3 Å². The molecule has 1 aliphatic carbocycles. The minimum atomic E-state index is -0.269. The van der Waals surface area contributed by atoms with Crippen LogP contribution in [0.25, 0.3) is 0 Å². The van der Waals surface area contributed by atoms with Crippen LogP contribution in [0.5, 0.6) is 11.5 Å². The first-order valence-electron chi connectivity index (χ1n) is 7.49. The van der Waals surface area contributed by atoms with E-state index in [1.807, 2.05) is 19.1 Å². The summed E-state index contributed by atoms with van der Waals surface area (Å²) in [5, 5.41) is 0. The van der Waals surface area contributed by atoms with Crippen LogP contribution in [0.15, 0.2) is 23.8 Å². The van der Waals surface area contributed by atoms with E-state index in [2.05, 4.69) is 0 Å². The van der Waals surface area contributed by atoms with Crippen molar-refractivity contribution in [3.63, 3.8) is 0 Å². The van der Waals surface area contributed by atoms with E-state index >= 15 is 0 Å². The van der Waals surface area contributed by atoms with Gasteiger partial charge in [0.15, 0.2) is 0 Å². The number of methoxy groups -OCH3 is 2. The first kappa shape index (κ1) is 13.6. The van der Waals surface area contributed by atoms with Crippen LogP contribution in [-0.2, 0) is 14.3 Å². The minimum absolute atomic E-state index is 0.0456. The van der Waals surface area contributed by atoms with Gasteiger partial charge in [0.25, 0.3) is 0 Å². The van der Waals surface area contributed by atoms with Gasteiger partial charge in [-0.15, -0.1) is 0 Å². The second-order valence-corrected chi connectivity index (χ2v) is 5.72. The van der Waals surface area contributed by atoms with Crippen LogP contribution >= 0.6 is 0 Å². The Balaban J connectivity index is 1.72. The average Bonchev–Trinajstić information content (AvgIpc) is 2.93. The zero-order valence-electron chi connectivity index (χ0n) is 12.8. The van der Waals surface area contributed by atoms with E-state index in [-0.39, 0.29) is 30.0 Å². The molecule has 1 unspecified atom stereocenters. The Morgan fingerprint density at radius 3 is 2.14 bits per heavy atom. The Morgan fingerprint density at radius 1 is 1.14 bits per heavy atom. The summed E-state index contributed by atoms with van der Waals surface area (Å²) in [5.41, 5.74) is 3.26. The lowest BCUT2D eigenvalue weighted by atomic mass is 9.90. The fourth-order valence-electron chi connectivity index (χ4n) is 3.93. The molecule has 2 aliphatic heterocycles. The Bertz CT molecular complexity index is 633. The molecule has 4 atom stereocenters. The van der Waals surface area contributed by atoms with Crippen LogP contribution in [0.2, 0.25) is 0 Å². The van der Waals surface area contributed by atoms with Crippen molar-refractivity contribution in [1.29, 1.82) is 0 Å². The molecular formula is C17H18O5. The Labute approximate surface area is 128 Å². The molecule has 2 fully saturated rings. The summed E-state index contributed by atoms with van der Waals surface area (Å²) in [7, 11) is 3.32. The van der Waals surface area contributed by atoms with Gasteiger partial charge in [0.05, 0.1) is 33.0 Å². The van der Waals surface area contributed by atoms with Crippen molar-refractivity contribution in [2.75, 3.05) is 20.8 Å². The second-order valence-electron chi connectivity index (χ2n) is 5.72. The van der Waals surface area contributed by atoms with Crippen LogP contribution in [0, 0.1) is 11.8 Å². The Morgan fingerprint density at radius 2 is 1.68 bits per heavy atom. The number of carbonyl (C=O) groups is 1. The summed E-state index contributed by atoms with van der Waals surface area (Å²) in [5.74, 6) is 1.91. The molecule has 0 spiro atoms. The van der Waals surface area contributed by atoms with Crippen molar-refractivity contribution < 1.29 is 23.7 Å². The highest BCUT2D eigenvalue weighted by Crippen LogP contribution is 2.74. The number of esters is 1. The fraction of sp³-hybridized carbons (Fsp3) is 0.471. The van der Waals surface area contributed by atoms with E-state index in [0.29, 0.717) is 6.61 Å². The van der Waals surface area contributed by atoms with Gasteiger partial charge in [-0.05, 0) is 24.6 Å². The van der Waals surface area contributed by atoms with Gasteiger partial charge < -0.3 is 18.9 Å². The monoisotopic (exact) mass is 302 g/mol. The van der Waals surface area contributed by atoms with Crippen molar-refractivity contribution in [2.24, 2.45) is 11.8 Å². The summed E-state index contributed by atoms with van der Waals surface area (Å²) >= 11 is 0. The van der Waals surface area contributed by atoms with Crippen LogP contribution in [0.1, 0.15) is 30.3 Å². The summed E-state index contributed by atoms with van der Waals surface area (Å²) in [6.07, 6.45) is 1.54. The predicted molar refractivity (Wildman–Crippen MR) is 77.8 cm³/mol. The highest BCUT2D eigenvalue weighted by atomic mass is 16.5. The first-order valence-corrected chi connectivity index (χ1v) is 7.49. The van der Waals surface area contributed by atoms with Crippen molar-refractivity contribution in [3.05, 3.63) is 34.9 Å². The maximum atomic E-state index is 11.7. The van der Waals surface area contributed by atoms with Crippen LogP contribution in [0.4, 0.5) is 0 Å². The van der Waals surface area contributed by atoms with Gasteiger partial charge in [0, 0.05) is 29.0 Å². The van der Waals surface area contributed by atoms with Gasteiger partial charge in [-0.3, -0.25) is 0 Å². The normalized spacial score (nSPS) is 31.7. The maximum absolute atomic E-state index is 11.7. The van der Waals surface area contributed by atoms with Crippen LogP contribution in [-0.4, -0.2) is 26.8 Å². The zero-order chi connectivity index (χ0) is 15.4. The van der Waals surface area contributed by atoms with Gasteiger partial charge in [-0.1, -0.05) is 0 Å². The van der Waals surface area contributed by atoms with Gasteiger partial charge in [0.2, 0.25) is 0 Å². The molecule has 1 saturated carbocycles. The number of hydrogen-bond acceptors (Lipinski definition) is 5. The quantitative estimate of drug-likeness (QED) is 0.632. The molecule has 22 heavy (non-hydrogen) atoms. The molecule has 4 rings (SSSR count). The topological polar surface area (TPSA) is 54.0 Å². The molecule has 0 radical (unpaired) electrons. The molecular weight excluding hydrogens is 284 g/mol. The average molecular weight is 302 g/mol. The molecule has 1 aromatic rings. The minimum Gasteiger partial charge on any atom is -0.496 e. The molecule has 116 valence electrons. The fourth-order valence-corrected chi connectivity index (χ4v) is 3.93. The lowest BCUT2D eigenvalue weighted by Crippen LogP contribution is -2.05. The van der Waals surface area contributed by atoms with E-state index in [9.17, 15) is 4.79 Å². The Hall–Kier alpha value is -2.01. The number of ether oxygens (including phenoxy) is 4. The van der Waals surface area contributed by atoms with E-state index in [0.717, 1.165) is 28.2 Å². The number of hydrogen-bond donors (Lipinski definition) is 0. The molecule has 3 aliphatic rings. The summed E-state index contributed by atoms with van der Waals surface area (Å²) in [6, 6.07) is 3.82. The van der Waals surface area contributed by atoms with E-state index in [4.69, 9.17) is 18.9 Å². The predicted octanol–water partition coefficient (Wildman–Crippen LogP) is 2.57. The molecule has 5 heteroatoms. The van der Waals surface area contributed by atoms with E-state index < -0.39 is 0 Å². The van der Waals surface area contributed by atoms with Crippen molar-refractivity contribution in [1.82, 2.24) is 0 Å². The molecule has 5 nitrogen and oxygen atoms in total. The largest absolute Gasteiger partial charge is 0.496 e. The summed E-state index contributed by atoms with van der Waals surface area (Å²) < 4.78 is 22.1. The van der Waals surface area contributed by atoms with Crippen LogP contribution in [0.3, 0.4) is 0 Å². The standard InChI is InChI=1S/C17H18O5/c1-4-21-11(18)7-8-12-13(8)17-15-10(20-3)6-5-9(19-2)14(15)16(12)22-17/h5-7,12-13,16-17H,4H2,1-3H3/t12-,13?,16-,17+/m1/s1. The summed E-state index contributed by atoms with van der Waals surface area (Å²) in [4.78, 5) is 11.7. The Kier molecular flexibility index (Phi) is 2.94. The molecule has 2 heterocycles. The first-order chi connectivity index (χ1) is 10.7. The smallest absolute Gasteiger partial charge is 0.330 e. The lowest BCUT2D eigenvalue weighted by molar-refractivity contribution is -0.137. The third-order valence-corrected chi connectivity index (χ3v) is 4.78. The van der Waals surface area contributed by atoms with E-state index in [1.165, 1.54) is 0 Å². The third-order valence-electron chi connectivity index (χ3n) is 4.78. The number of carbonyl (C=O) groups excluding carboxylic acids is 1. The van der Waals surface area contributed by atoms with Gasteiger partial charge in [0.1, 0.15) is 11.5 Å². The second kappa shape index (κ2) is 4.74. The SMILES string of the molecule is CCOC(=O)C=C1C2[C@@H]3O[C@@H](c4c(OC)ccc(OC)c43)[C@H]12. The zero-order valence-corrected chi connectivity index (χ0v) is 12.8. The highest BCUT2D eigenvalue weighted by Gasteiger charge is 2.67. The molecule has 1 aromatic carbocycles. The lowest BCUT2D eigenvalue weighted by Gasteiger charge is -2.17. The summed E-state index contributed by atoms with van der Waals surface area (Å²) in [6.45, 7) is 2.20. The molecule has 1 saturated heterocycles. The molecule has 2 bridgehead atoms. The van der Waals surface area contributed by atoms with Crippen molar-refractivity contribution in [2.45, 2.75) is 19.1 Å². The maximum Gasteiger partial charge on any atom is 0.330 e. The number of rotatable bonds is 4. The van der Waals surface area contributed by atoms with Gasteiger partial charge in [-0.2, -0.15) is 0 Å². The molecule has 0 amide bonds. The number of benzene rings is 1. The molecule has 0 aromatic heterocycles. The molecule has 0 N–H and O–H groups in total. The third kappa shape index (κ3) is 1.66. The van der Waals surface area contributed by atoms with Gasteiger partial charge in [-0.25, -0.2) is 4.79 Å². The van der Waals surface area contributed by atoms with Gasteiger partial charge >= 0.3 is 5.97 Å². The number of fused-ring (bicyclic) bond motifs is 8.